The third-order valence-electron chi connectivity index (χ3n) is 2.89. The van der Waals surface area contributed by atoms with Gasteiger partial charge in [0, 0.05) is 26.1 Å². The minimum atomic E-state index is -0.208. The fourth-order valence-electron chi connectivity index (χ4n) is 2.03. The van der Waals surface area contributed by atoms with E-state index >= 15 is 0 Å². The molecule has 0 aromatic carbocycles. The van der Waals surface area contributed by atoms with Crippen molar-refractivity contribution < 1.29 is 9.59 Å². The minimum absolute atomic E-state index is 0.0391. The summed E-state index contributed by atoms with van der Waals surface area (Å²) in [5.74, 6) is -0.0276. The number of amides is 2. The summed E-state index contributed by atoms with van der Waals surface area (Å²) in [6.45, 7) is 2.67. The number of nitrogen functional groups attached to an aromatic ring is 1. The van der Waals surface area contributed by atoms with E-state index in [1.165, 1.54) is 6.92 Å². The van der Waals surface area contributed by atoms with Crippen LogP contribution >= 0.6 is 0 Å². The normalized spacial score (nSPS) is 16.6. The number of likely N-dealkylation sites (tertiary alicyclic amines) is 1. The summed E-state index contributed by atoms with van der Waals surface area (Å²) in [6, 6.07) is 0.145. The molecule has 0 spiro atoms. The van der Waals surface area contributed by atoms with Gasteiger partial charge >= 0.3 is 0 Å². The topological polar surface area (TPSA) is 117 Å². The van der Waals surface area contributed by atoms with Crippen molar-refractivity contribution in [3.05, 3.63) is 5.82 Å². The molecule has 2 amide bonds. The van der Waals surface area contributed by atoms with Gasteiger partial charge in [0.15, 0.2) is 0 Å². The second-order valence-electron chi connectivity index (χ2n) is 4.31. The van der Waals surface area contributed by atoms with Crippen molar-refractivity contribution in [3.8, 4) is 0 Å². The minimum Gasteiger partial charge on any atom is -0.366 e. The van der Waals surface area contributed by atoms with Crippen LogP contribution in [0.3, 0.4) is 0 Å². The van der Waals surface area contributed by atoms with Crippen molar-refractivity contribution in [1.82, 2.24) is 25.4 Å². The van der Waals surface area contributed by atoms with E-state index in [1.807, 2.05) is 0 Å². The van der Waals surface area contributed by atoms with E-state index < -0.39 is 0 Å². The highest BCUT2D eigenvalue weighted by atomic mass is 16.2. The maximum absolute atomic E-state index is 12.0. The zero-order chi connectivity index (χ0) is 13.1. The van der Waals surface area contributed by atoms with Gasteiger partial charge in [-0.05, 0) is 12.8 Å². The lowest BCUT2D eigenvalue weighted by Crippen LogP contribution is -2.46. The fourth-order valence-corrected chi connectivity index (χ4v) is 2.03. The molecule has 4 N–H and O–H groups in total. The van der Waals surface area contributed by atoms with Crippen molar-refractivity contribution in [2.45, 2.75) is 25.8 Å². The van der Waals surface area contributed by atoms with Gasteiger partial charge in [0.05, 0.1) is 0 Å². The van der Waals surface area contributed by atoms with Crippen LogP contribution in [0.2, 0.25) is 0 Å². The molecule has 1 aromatic heterocycles. The second-order valence-corrected chi connectivity index (χ2v) is 4.31. The number of nitrogens with two attached hydrogens (primary N) is 1. The van der Waals surface area contributed by atoms with E-state index in [9.17, 15) is 9.59 Å². The molecule has 0 saturated carbocycles. The molecule has 0 atom stereocenters. The van der Waals surface area contributed by atoms with Crippen LogP contribution in [0.1, 0.15) is 30.4 Å². The highest BCUT2D eigenvalue weighted by Crippen LogP contribution is 2.12. The Kier molecular flexibility index (Phi) is 3.45. The van der Waals surface area contributed by atoms with Crippen LogP contribution in [-0.2, 0) is 4.79 Å². The van der Waals surface area contributed by atoms with Crippen molar-refractivity contribution in [1.29, 1.82) is 0 Å². The lowest BCUT2D eigenvalue weighted by atomic mass is 10.0. The third kappa shape index (κ3) is 2.76. The number of anilines is 1. The van der Waals surface area contributed by atoms with E-state index in [2.05, 4.69) is 20.5 Å². The van der Waals surface area contributed by atoms with E-state index in [0.29, 0.717) is 13.1 Å². The molecule has 8 heteroatoms. The zero-order valence-corrected chi connectivity index (χ0v) is 10.1. The van der Waals surface area contributed by atoms with E-state index in [0.717, 1.165) is 12.8 Å². The molecule has 18 heavy (non-hydrogen) atoms. The molecule has 1 aromatic rings. The Bertz CT molecular complexity index is 449. The molecule has 2 heterocycles. The molecule has 0 bridgehead atoms. The van der Waals surface area contributed by atoms with Crippen LogP contribution in [0.4, 0.5) is 5.95 Å². The average molecular weight is 252 g/mol. The first kappa shape index (κ1) is 12.3. The molecule has 0 aliphatic carbocycles. The predicted molar refractivity (Wildman–Crippen MR) is 63.5 cm³/mol. The van der Waals surface area contributed by atoms with Gasteiger partial charge in [0.25, 0.3) is 5.91 Å². The summed E-state index contributed by atoms with van der Waals surface area (Å²) in [6.07, 6.45) is 1.49. The van der Waals surface area contributed by atoms with Crippen LogP contribution in [0.15, 0.2) is 0 Å². The maximum Gasteiger partial charge on any atom is 0.291 e. The van der Waals surface area contributed by atoms with Crippen molar-refractivity contribution in [2.24, 2.45) is 0 Å². The second kappa shape index (κ2) is 5.03. The molecule has 1 saturated heterocycles. The molecule has 8 nitrogen and oxygen atoms in total. The zero-order valence-electron chi connectivity index (χ0n) is 10.1. The van der Waals surface area contributed by atoms with Crippen molar-refractivity contribution in [2.75, 3.05) is 18.8 Å². The Hall–Kier alpha value is -2.12. The number of piperidine rings is 1. The number of carbonyl (C=O) groups excluding carboxylic acids is 2. The smallest absolute Gasteiger partial charge is 0.291 e. The first-order chi connectivity index (χ1) is 8.56. The predicted octanol–water partition coefficient (Wildman–Crippen LogP) is -0.872. The molecule has 1 fully saturated rings. The molecule has 1 aliphatic rings. The van der Waals surface area contributed by atoms with Gasteiger partial charge in [-0.2, -0.15) is 4.98 Å². The number of hydrogen-bond acceptors (Lipinski definition) is 5. The van der Waals surface area contributed by atoms with Crippen LogP contribution in [0.25, 0.3) is 0 Å². The number of nitrogens with one attached hydrogen (secondary N) is 2. The Balaban J connectivity index is 1.90. The van der Waals surface area contributed by atoms with Gasteiger partial charge in [0.1, 0.15) is 0 Å². The molecular weight excluding hydrogens is 236 g/mol. The monoisotopic (exact) mass is 252 g/mol. The Morgan fingerprint density at radius 2 is 2.11 bits per heavy atom. The lowest BCUT2D eigenvalue weighted by molar-refractivity contribution is -0.119. The summed E-state index contributed by atoms with van der Waals surface area (Å²) in [5.41, 5.74) is 5.35. The largest absolute Gasteiger partial charge is 0.366 e. The standard InChI is InChI=1S/C10H16N6O2/c1-6(17)12-7-2-4-16(5-3-7)9(18)8-13-10(11)15-14-8/h7H,2-5H2,1H3,(H,12,17)(H3,11,13,14,15). The maximum atomic E-state index is 12.0. The van der Waals surface area contributed by atoms with Crippen LogP contribution in [0, 0.1) is 0 Å². The SMILES string of the molecule is CC(=O)NC1CCN(C(=O)c2nc(N)n[nH]2)CC1. The summed E-state index contributed by atoms with van der Waals surface area (Å²) >= 11 is 0. The van der Waals surface area contributed by atoms with Crippen molar-refractivity contribution in [3.63, 3.8) is 0 Å². The first-order valence-electron chi connectivity index (χ1n) is 5.80. The molecule has 2 rings (SSSR count). The first-order valence-corrected chi connectivity index (χ1v) is 5.80. The van der Waals surface area contributed by atoms with Gasteiger partial charge in [-0.3, -0.25) is 14.7 Å². The lowest BCUT2D eigenvalue weighted by Gasteiger charge is -2.31. The fraction of sp³-hybridized carbons (Fsp3) is 0.600. The molecule has 0 radical (unpaired) electrons. The number of nitrogens with zero attached hydrogens (tertiary/aromatic N) is 3. The van der Waals surface area contributed by atoms with E-state index in [-0.39, 0.29) is 29.6 Å². The number of rotatable bonds is 2. The van der Waals surface area contributed by atoms with Crippen LogP contribution in [0.5, 0.6) is 0 Å². The highest BCUT2D eigenvalue weighted by molar-refractivity contribution is 5.90. The van der Waals surface area contributed by atoms with Gasteiger partial charge in [0.2, 0.25) is 17.7 Å². The Labute approximate surface area is 104 Å². The highest BCUT2D eigenvalue weighted by Gasteiger charge is 2.25. The van der Waals surface area contributed by atoms with Gasteiger partial charge in [-0.15, -0.1) is 5.10 Å². The van der Waals surface area contributed by atoms with E-state index in [1.54, 1.807) is 4.90 Å². The number of hydrogen-bond donors (Lipinski definition) is 3. The summed E-state index contributed by atoms with van der Waals surface area (Å²) in [7, 11) is 0. The number of carbonyl (C=O) groups is 2. The Morgan fingerprint density at radius 1 is 1.44 bits per heavy atom. The van der Waals surface area contributed by atoms with Gasteiger partial charge in [-0.1, -0.05) is 0 Å². The summed E-state index contributed by atoms with van der Waals surface area (Å²) < 4.78 is 0. The molecular formula is C10H16N6O2. The van der Waals surface area contributed by atoms with Crippen molar-refractivity contribution >= 4 is 17.8 Å². The Morgan fingerprint density at radius 3 is 2.61 bits per heavy atom. The molecule has 1 aliphatic heterocycles. The molecule has 98 valence electrons. The third-order valence-corrected chi connectivity index (χ3v) is 2.89. The van der Waals surface area contributed by atoms with Gasteiger partial charge in [-0.25, -0.2) is 0 Å². The summed E-state index contributed by atoms with van der Waals surface area (Å²) in [4.78, 5) is 28.4. The molecule has 0 unspecified atom stereocenters. The quantitative estimate of drug-likeness (QED) is 0.632. The van der Waals surface area contributed by atoms with E-state index in [4.69, 9.17) is 5.73 Å². The number of aromatic amines is 1. The van der Waals surface area contributed by atoms with Gasteiger partial charge < -0.3 is 16.0 Å². The number of H-pyrrole nitrogens is 1. The van der Waals surface area contributed by atoms with Crippen LogP contribution in [-0.4, -0.2) is 51.0 Å². The van der Waals surface area contributed by atoms with Crippen LogP contribution < -0.4 is 11.1 Å². The average Bonchev–Trinajstić information content (AvgIpc) is 2.75. The number of aromatic nitrogens is 3. The summed E-state index contributed by atoms with van der Waals surface area (Å²) in [5, 5.41) is 8.98.